The predicted molar refractivity (Wildman–Crippen MR) is 78.4 cm³/mol. The lowest BCUT2D eigenvalue weighted by Crippen LogP contribution is -2.23. The minimum atomic E-state index is 0.00714. The Labute approximate surface area is 114 Å². The standard InChI is InChI=1S/C17H17NO/c1-18(14-16-10-6-3-7-11-16)17(19)13-12-15-8-4-2-5-9-15/h2-13H,14H2,1H3. The molecule has 0 saturated heterocycles. The second-order valence-electron chi connectivity index (χ2n) is 4.42. The molecule has 0 aliphatic rings. The molecule has 2 aromatic rings. The number of likely N-dealkylation sites (N-methyl/N-ethyl adjacent to an activating group) is 1. The maximum Gasteiger partial charge on any atom is 0.246 e. The molecule has 0 saturated carbocycles. The summed E-state index contributed by atoms with van der Waals surface area (Å²) < 4.78 is 0. The second kappa shape index (κ2) is 6.55. The zero-order valence-electron chi connectivity index (χ0n) is 11.0. The van der Waals surface area contributed by atoms with Crippen molar-refractivity contribution >= 4 is 12.0 Å². The molecule has 0 radical (unpaired) electrons. The third-order valence-electron chi connectivity index (χ3n) is 2.86. The number of carbonyl (C=O) groups excluding carboxylic acids is 1. The van der Waals surface area contributed by atoms with E-state index in [1.165, 1.54) is 0 Å². The van der Waals surface area contributed by atoms with Crippen LogP contribution in [0.15, 0.2) is 66.7 Å². The topological polar surface area (TPSA) is 20.3 Å². The van der Waals surface area contributed by atoms with Crippen molar-refractivity contribution in [1.29, 1.82) is 0 Å². The van der Waals surface area contributed by atoms with Gasteiger partial charge in [0.05, 0.1) is 0 Å². The van der Waals surface area contributed by atoms with E-state index in [0.29, 0.717) is 6.54 Å². The molecule has 0 fully saturated rings. The van der Waals surface area contributed by atoms with E-state index in [-0.39, 0.29) is 5.91 Å². The highest BCUT2D eigenvalue weighted by atomic mass is 16.2. The summed E-state index contributed by atoms with van der Waals surface area (Å²) in [4.78, 5) is 13.7. The van der Waals surface area contributed by atoms with E-state index < -0.39 is 0 Å². The summed E-state index contributed by atoms with van der Waals surface area (Å²) in [5.74, 6) is 0.00714. The van der Waals surface area contributed by atoms with Crippen LogP contribution in [-0.2, 0) is 11.3 Å². The van der Waals surface area contributed by atoms with Gasteiger partial charge in [-0.1, -0.05) is 60.7 Å². The maximum atomic E-state index is 12.0. The molecule has 0 aliphatic heterocycles. The van der Waals surface area contributed by atoms with Gasteiger partial charge in [-0.2, -0.15) is 0 Å². The minimum Gasteiger partial charge on any atom is -0.338 e. The summed E-state index contributed by atoms with van der Waals surface area (Å²) in [6.07, 6.45) is 3.45. The lowest BCUT2D eigenvalue weighted by molar-refractivity contribution is -0.125. The molecule has 0 unspecified atom stereocenters. The Balaban J connectivity index is 1.95. The van der Waals surface area contributed by atoms with Crippen LogP contribution in [0.2, 0.25) is 0 Å². The van der Waals surface area contributed by atoms with Gasteiger partial charge in [0.1, 0.15) is 0 Å². The van der Waals surface area contributed by atoms with Crippen molar-refractivity contribution in [2.24, 2.45) is 0 Å². The van der Waals surface area contributed by atoms with E-state index in [2.05, 4.69) is 0 Å². The number of benzene rings is 2. The van der Waals surface area contributed by atoms with Crippen LogP contribution in [0, 0.1) is 0 Å². The summed E-state index contributed by atoms with van der Waals surface area (Å²) in [5, 5.41) is 0. The first-order chi connectivity index (χ1) is 9.25. The van der Waals surface area contributed by atoms with Gasteiger partial charge in [-0.3, -0.25) is 4.79 Å². The van der Waals surface area contributed by atoms with E-state index in [4.69, 9.17) is 0 Å². The van der Waals surface area contributed by atoms with E-state index in [1.54, 1.807) is 11.0 Å². The average Bonchev–Trinajstić information content (AvgIpc) is 2.47. The zero-order valence-corrected chi connectivity index (χ0v) is 11.0. The van der Waals surface area contributed by atoms with Crippen LogP contribution in [0.3, 0.4) is 0 Å². The number of hydrogen-bond donors (Lipinski definition) is 0. The molecule has 2 nitrogen and oxygen atoms in total. The van der Waals surface area contributed by atoms with Gasteiger partial charge in [-0.05, 0) is 17.2 Å². The molecule has 0 atom stereocenters. The Morgan fingerprint density at radius 1 is 1.00 bits per heavy atom. The van der Waals surface area contributed by atoms with Crippen molar-refractivity contribution in [3.05, 3.63) is 77.9 Å². The van der Waals surface area contributed by atoms with Gasteiger partial charge in [0, 0.05) is 19.7 Å². The van der Waals surface area contributed by atoms with Crippen LogP contribution in [0.1, 0.15) is 11.1 Å². The summed E-state index contributed by atoms with van der Waals surface area (Å²) in [5.41, 5.74) is 2.16. The Morgan fingerprint density at radius 3 is 2.21 bits per heavy atom. The Bertz CT molecular complexity index is 546. The first-order valence-corrected chi connectivity index (χ1v) is 6.28. The molecule has 0 spiro atoms. The monoisotopic (exact) mass is 251 g/mol. The number of nitrogens with zero attached hydrogens (tertiary/aromatic N) is 1. The van der Waals surface area contributed by atoms with Crippen molar-refractivity contribution < 1.29 is 4.79 Å². The van der Waals surface area contributed by atoms with Crippen LogP contribution in [0.4, 0.5) is 0 Å². The van der Waals surface area contributed by atoms with Crippen LogP contribution in [0.5, 0.6) is 0 Å². The number of carbonyl (C=O) groups is 1. The number of rotatable bonds is 4. The number of amides is 1. The van der Waals surface area contributed by atoms with E-state index in [0.717, 1.165) is 11.1 Å². The van der Waals surface area contributed by atoms with Crippen LogP contribution < -0.4 is 0 Å². The van der Waals surface area contributed by atoms with E-state index in [9.17, 15) is 4.79 Å². The predicted octanol–water partition coefficient (Wildman–Crippen LogP) is 3.36. The lowest BCUT2D eigenvalue weighted by atomic mass is 10.2. The van der Waals surface area contributed by atoms with Gasteiger partial charge in [0.2, 0.25) is 5.91 Å². The third-order valence-corrected chi connectivity index (χ3v) is 2.86. The fraction of sp³-hybridized carbons (Fsp3) is 0.118. The van der Waals surface area contributed by atoms with Crippen LogP contribution in [-0.4, -0.2) is 17.9 Å². The van der Waals surface area contributed by atoms with Crippen molar-refractivity contribution in [2.75, 3.05) is 7.05 Å². The zero-order chi connectivity index (χ0) is 13.5. The summed E-state index contributed by atoms with van der Waals surface area (Å²) >= 11 is 0. The highest BCUT2D eigenvalue weighted by Gasteiger charge is 2.04. The molecule has 1 amide bonds. The molecule has 0 heterocycles. The highest BCUT2D eigenvalue weighted by Crippen LogP contribution is 2.05. The van der Waals surface area contributed by atoms with Crippen molar-refractivity contribution in [3.63, 3.8) is 0 Å². The third kappa shape index (κ3) is 4.11. The molecule has 19 heavy (non-hydrogen) atoms. The molecule has 2 aromatic carbocycles. The molecule has 0 aromatic heterocycles. The molecule has 0 N–H and O–H groups in total. The van der Waals surface area contributed by atoms with Gasteiger partial charge in [0.15, 0.2) is 0 Å². The van der Waals surface area contributed by atoms with Crippen LogP contribution in [0.25, 0.3) is 6.08 Å². The first kappa shape index (κ1) is 13.1. The highest BCUT2D eigenvalue weighted by molar-refractivity contribution is 5.91. The van der Waals surface area contributed by atoms with E-state index in [1.807, 2.05) is 73.8 Å². The largest absolute Gasteiger partial charge is 0.338 e. The van der Waals surface area contributed by atoms with Gasteiger partial charge in [0.25, 0.3) is 0 Å². The SMILES string of the molecule is CN(Cc1ccccc1)C(=O)C=Cc1ccccc1. The molecular weight excluding hydrogens is 234 g/mol. The lowest BCUT2D eigenvalue weighted by Gasteiger charge is -2.14. The molecule has 0 aliphatic carbocycles. The second-order valence-corrected chi connectivity index (χ2v) is 4.42. The van der Waals surface area contributed by atoms with Gasteiger partial charge in [-0.15, -0.1) is 0 Å². The first-order valence-electron chi connectivity index (χ1n) is 6.28. The Kier molecular flexibility index (Phi) is 4.51. The number of hydrogen-bond acceptors (Lipinski definition) is 1. The average molecular weight is 251 g/mol. The van der Waals surface area contributed by atoms with Gasteiger partial charge < -0.3 is 4.90 Å². The normalized spacial score (nSPS) is 10.6. The molecule has 2 rings (SSSR count). The summed E-state index contributed by atoms with van der Waals surface area (Å²) in [6, 6.07) is 19.8. The van der Waals surface area contributed by atoms with Crippen molar-refractivity contribution in [3.8, 4) is 0 Å². The molecule has 0 bridgehead atoms. The maximum absolute atomic E-state index is 12.0. The smallest absolute Gasteiger partial charge is 0.246 e. The fourth-order valence-electron chi connectivity index (χ4n) is 1.79. The Morgan fingerprint density at radius 2 is 1.58 bits per heavy atom. The minimum absolute atomic E-state index is 0.00714. The molecular formula is C17H17NO. The van der Waals surface area contributed by atoms with Crippen LogP contribution >= 0.6 is 0 Å². The quantitative estimate of drug-likeness (QED) is 0.763. The Hall–Kier alpha value is -2.35. The van der Waals surface area contributed by atoms with E-state index >= 15 is 0 Å². The summed E-state index contributed by atoms with van der Waals surface area (Å²) in [7, 11) is 1.81. The van der Waals surface area contributed by atoms with Crippen molar-refractivity contribution in [2.45, 2.75) is 6.54 Å². The fourth-order valence-corrected chi connectivity index (χ4v) is 1.79. The van der Waals surface area contributed by atoms with Gasteiger partial charge in [-0.25, -0.2) is 0 Å². The van der Waals surface area contributed by atoms with Crippen molar-refractivity contribution in [1.82, 2.24) is 4.90 Å². The molecule has 96 valence electrons. The molecule has 2 heteroatoms. The van der Waals surface area contributed by atoms with Gasteiger partial charge >= 0.3 is 0 Å². The summed E-state index contributed by atoms with van der Waals surface area (Å²) in [6.45, 7) is 0.624.